The maximum atomic E-state index is 12.8. The van der Waals surface area contributed by atoms with Gasteiger partial charge in [-0.2, -0.15) is 18.3 Å². The molecule has 4 heterocycles. The highest BCUT2D eigenvalue weighted by Gasteiger charge is 2.42. The lowest BCUT2D eigenvalue weighted by molar-refractivity contribution is -0.192. The van der Waals surface area contributed by atoms with Crippen LogP contribution in [0.25, 0.3) is 16.6 Å². The normalized spacial score (nSPS) is 18.6. The summed E-state index contributed by atoms with van der Waals surface area (Å²) >= 11 is 0. The van der Waals surface area contributed by atoms with Crippen LogP contribution in [0.2, 0.25) is 0 Å². The number of aryl methyl sites for hydroxylation is 1. The number of nitrogens with one attached hydrogen (secondary N) is 2. The van der Waals surface area contributed by atoms with Gasteiger partial charge >= 0.3 is 12.1 Å². The van der Waals surface area contributed by atoms with Gasteiger partial charge in [0, 0.05) is 36.9 Å². The van der Waals surface area contributed by atoms with Crippen molar-refractivity contribution in [1.82, 2.24) is 24.5 Å². The summed E-state index contributed by atoms with van der Waals surface area (Å²) in [5.74, 6) is -2.89. The number of nitrogens with zero attached hydrogens (tertiary/aromatic N) is 4. The van der Waals surface area contributed by atoms with Crippen LogP contribution in [0.15, 0.2) is 48.9 Å². The molecule has 200 valence electrons. The fourth-order valence-electron chi connectivity index (χ4n) is 5.39. The van der Waals surface area contributed by atoms with E-state index in [4.69, 9.17) is 14.9 Å². The number of amides is 1. The molecule has 2 aliphatic rings. The van der Waals surface area contributed by atoms with Crippen LogP contribution in [0.4, 0.5) is 18.9 Å². The third-order valence-electron chi connectivity index (χ3n) is 7.36. The zero-order valence-electron chi connectivity index (χ0n) is 20.6. The topological polar surface area (TPSA) is 114 Å². The molecule has 1 atom stereocenters. The molecule has 12 heteroatoms. The largest absolute Gasteiger partial charge is 0.490 e. The van der Waals surface area contributed by atoms with Gasteiger partial charge in [0.15, 0.2) is 0 Å². The second-order valence-corrected chi connectivity index (χ2v) is 9.99. The van der Waals surface area contributed by atoms with Gasteiger partial charge in [-0.25, -0.2) is 9.78 Å². The van der Waals surface area contributed by atoms with Gasteiger partial charge in [0.05, 0.1) is 29.1 Å². The number of imidazole rings is 1. The van der Waals surface area contributed by atoms with Gasteiger partial charge in [0.2, 0.25) is 0 Å². The Morgan fingerprint density at radius 1 is 1.16 bits per heavy atom. The van der Waals surface area contributed by atoms with Crippen molar-refractivity contribution in [1.29, 1.82) is 0 Å². The van der Waals surface area contributed by atoms with Crippen molar-refractivity contribution in [2.75, 3.05) is 11.9 Å². The number of carbonyl (C=O) groups excluding carboxylic acids is 1. The van der Waals surface area contributed by atoms with Crippen LogP contribution in [-0.2, 0) is 11.8 Å². The molecule has 9 nitrogen and oxygen atoms in total. The zero-order chi connectivity index (χ0) is 27.1. The van der Waals surface area contributed by atoms with Gasteiger partial charge in [0.1, 0.15) is 5.65 Å². The summed E-state index contributed by atoms with van der Waals surface area (Å²) in [6.45, 7) is 1.11. The number of rotatable bonds is 3. The van der Waals surface area contributed by atoms with Crippen LogP contribution in [0.1, 0.15) is 54.2 Å². The molecule has 1 amide bonds. The van der Waals surface area contributed by atoms with E-state index in [1.54, 1.807) is 10.9 Å². The van der Waals surface area contributed by atoms with Gasteiger partial charge in [-0.1, -0.05) is 12.8 Å². The number of anilines is 1. The first-order chi connectivity index (χ1) is 18.0. The van der Waals surface area contributed by atoms with Crippen LogP contribution in [0.3, 0.4) is 0 Å². The number of aromatic nitrogens is 4. The molecule has 1 aliphatic heterocycles. The zero-order valence-corrected chi connectivity index (χ0v) is 20.6. The molecule has 38 heavy (non-hydrogen) atoms. The summed E-state index contributed by atoms with van der Waals surface area (Å²) in [5, 5.41) is 19.0. The minimum Gasteiger partial charge on any atom is -0.475 e. The van der Waals surface area contributed by atoms with Gasteiger partial charge < -0.3 is 20.1 Å². The Balaban J connectivity index is 0.000000374. The van der Waals surface area contributed by atoms with E-state index in [9.17, 15) is 18.0 Å². The van der Waals surface area contributed by atoms with E-state index < -0.39 is 12.1 Å². The number of carboxylic acid groups (broad SMARTS) is 1. The standard InChI is InChI=1S/C24H26N6O.C2HF3O2/c1-29-21-6-4-16(10-17(21)12-26-29)23(31)27-18-5-7-22-28-20(14-30(22)13-18)19-11-24(15-25-19)8-2-3-9-24;3-2(4,5)1(6)7/h4-7,10,12-14,19,25H,2-3,8-9,11,15H2,1H3,(H,27,31);(H,6,7)/t19-;/m1./s1. The van der Waals surface area contributed by atoms with Crippen LogP contribution < -0.4 is 10.6 Å². The first-order valence-electron chi connectivity index (χ1n) is 12.3. The fraction of sp³-hybridized carbons (Fsp3) is 0.385. The van der Waals surface area contributed by atoms with Crippen LogP contribution in [0, 0.1) is 5.41 Å². The van der Waals surface area contributed by atoms with Crippen molar-refractivity contribution in [2.45, 2.75) is 44.3 Å². The van der Waals surface area contributed by atoms with Gasteiger partial charge in [0.25, 0.3) is 5.91 Å². The predicted octanol–water partition coefficient (Wildman–Crippen LogP) is 4.70. The molecule has 1 spiro atoms. The molecule has 0 unspecified atom stereocenters. The molecular formula is C26H27F3N6O3. The molecule has 3 aromatic heterocycles. The minimum atomic E-state index is -5.08. The van der Waals surface area contributed by atoms with Crippen molar-refractivity contribution in [2.24, 2.45) is 12.5 Å². The maximum absolute atomic E-state index is 12.8. The third-order valence-corrected chi connectivity index (χ3v) is 7.36. The summed E-state index contributed by atoms with van der Waals surface area (Å²) in [4.78, 5) is 26.5. The Bertz CT molecular complexity index is 1500. The highest BCUT2D eigenvalue weighted by Crippen LogP contribution is 2.47. The number of carboxylic acids is 1. The number of benzene rings is 1. The van der Waals surface area contributed by atoms with E-state index in [-0.39, 0.29) is 5.91 Å². The Hall–Kier alpha value is -3.93. The average Bonchev–Trinajstić information content (AvgIpc) is 3.67. The van der Waals surface area contributed by atoms with E-state index in [0.717, 1.165) is 34.5 Å². The number of pyridine rings is 1. The smallest absolute Gasteiger partial charge is 0.475 e. The molecule has 0 bridgehead atoms. The van der Waals surface area contributed by atoms with Gasteiger partial charge in [-0.15, -0.1) is 0 Å². The Kier molecular flexibility index (Phi) is 6.59. The first kappa shape index (κ1) is 25.7. The number of alkyl halides is 3. The summed E-state index contributed by atoms with van der Waals surface area (Å²) in [6, 6.07) is 9.82. The molecule has 1 aromatic carbocycles. The molecule has 1 saturated carbocycles. The lowest BCUT2D eigenvalue weighted by Gasteiger charge is -2.20. The lowest BCUT2D eigenvalue weighted by Crippen LogP contribution is -2.21. The van der Waals surface area contributed by atoms with E-state index in [0.29, 0.717) is 17.0 Å². The van der Waals surface area contributed by atoms with Crippen molar-refractivity contribution >= 4 is 34.1 Å². The third kappa shape index (κ3) is 5.21. The number of hydrogen-bond acceptors (Lipinski definition) is 5. The summed E-state index contributed by atoms with van der Waals surface area (Å²) in [5.41, 5.74) is 4.84. The fourth-order valence-corrected chi connectivity index (χ4v) is 5.39. The molecule has 1 aliphatic carbocycles. The van der Waals surface area contributed by atoms with Crippen LogP contribution in [0.5, 0.6) is 0 Å². The van der Waals surface area contributed by atoms with Crippen molar-refractivity contribution in [3.05, 3.63) is 60.2 Å². The highest BCUT2D eigenvalue weighted by molar-refractivity contribution is 6.06. The SMILES string of the molecule is Cn1ncc2cc(C(=O)Nc3ccc4nc([C@H]5CC6(CCCC6)CN5)cn4c3)ccc21.O=C(O)C(F)(F)F. The second-order valence-electron chi connectivity index (χ2n) is 9.99. The highest BCUT2D eigenvalue weighted by atomic mass is 19.4. The van der Waals surface area contributed by atoms with E-state index in [1.807, 2.05) is 48.0 Å². The number of carbonyl (C=O) groups is 2. The molecule has 3 N–H and O–H groups in total. The van der Waals surface area contributed by atoms with Crippen molar-refractivity contribution < 1.29 is 27.9 Å². The van der Waals surface area contributed by atoms with Crippen molar-refractivity contribution in [3.63, 3.8) is 0 Å². The Labute approximate surface area is 215 Å². The monoisotopic (exact) mass is 528 g/mol. The molecule has 1 saturated heterocycles. The molecule has 0 radical (unpaired) electrons. The first-order valence-corrected chi connectivity index (χ1v) is 12.3. The predicted molar refractivity (Wildman–Crippen MR) is 134 cm³/mol. The lowest BCUT2D eigenvalue weighted by atomic mass is 9.83. The maximum Gasteiger partial charge on any atom is 0.490 e. The quantitative estimate of drug-likeness (QED) is 0.355. The Morgan fingerprint density at radius 3 is 2.61 bits per heavy atom. The van der Waals surface area contributed by atoms with Crippen molar-refractivity contribution in [3.8, 4) is 0 Å². The Morgan fingerprint density at radius 2 is 1.89 bits per heavy atom. The van der Waals surface area contributed by atoms with Gasteiger partial charge in [-0.05, 0) is 55.0 Å². The summed E-state index contributed by atoms with van der Waals surface area (Å²) in [6.07, 6.45) is 7.29. The average molecular weight is 529 g/mol. The van der Waals surface area contributed by atoms with E-state index in [1.165, 1.54) is 32.1 Å². The minimum absolute atomic E-state index is 0.133. The van der Waals surface area contributed by atoms with Crippen LogP contribution >= 0.6 is 0 Å². The number of hydrogen-bond donors (Lipinski definition) is 3. The number of halogens is 3. The van der Waals surface area contributed by atoms with Crippen LogP contribution in [-0.4, -0.2) is 48.9 Å². The summed E-state index contributed by atoms with van der Waals surface area (Å²) in [7, 11) is 1.89. The molecule has 2 fully saturated rings. The molecule has 4 aromatic rings. The number of fused-ring (bicyclic) bond motifs is 2. The molecular weight excluding hydrogens is 501 g/mol. The molecule has 6 rings (SSSR count). The van der Waals surface area contributed by atoms with E-state index >= 15 is 0 Å². The van der Waals surface area contributed by atoms with E-state index in [2.05, 4.69) is 21.9 Å². The summed E-state index contributed by atoms with van der Waals surface area (Å²) < 4.78 is 35.5. The van der Waals surface area contributed by atoms with Gasteiger partial charge in [-0.3, -0.25) is 9.48 Å². The second kappa shape index (κ2) is 9.75. The number of aliphatic carboxylic acids is 1.